The average molecular weight is 213 g/mol. The molecule has 1 aromatic heterocycles. The number of nitrogens with two attached hydrogens (primary N) is 1. The first-order valence-electron chi connectivity index (χ1n) is 4.65. The molecule has 0 aliphatic heterocycles. The Morgan fingerprint density at radius 1 is 1.50 bits per heavy atom. The minimum Gasteiger partial charge on any atom is -0.393 e. The molecule has 5 heteroatoms. The van der Waals surface area contributed by atoms with Crippen LogP contribution < -0.4 is 11.1 Å². The van der Waals surface area contributed by atoms with E-state index in [1.807, 2.05) is 0 Å². The van der Waals surface area contributed by atoms with Gasteiger partial charge in [0.2, 0.25) is 0 Å². The van der Waals surface area contributed by atoms with Crippen LogP contribution in [0.2, 0.25) is 5.15 Å². The summed E-state index contributed by atoms with van der Waals surface area (Å²) in [6, 6.07) is 0. The van der Waals surface area contributed by atoms with Crippen molar-refractivity contribution in [1.29, 1.82) is 0 Å². The minimum atomic E-state index is 0.131. The van der Waals surface area contributed by atoms with Gasteiger partial charge >= 0.3 is 0 Å². The second-order valence-corrected chi connectivity index (χ2v) is 4.32. The summed E-state index contributed by atoms with van der Waals surface area (Å²) in [7, 11) is 0. The molecule has 0 bridgehead atoms. The highest BCUT2D eigenvalue weighted by atomic mass is 35.5. The van der Waals surface area contributed by atoms with Crippen LogP contribution in [-0.2, 0) is 0 Å². The Labute approximate surface area is 87.9 Å². The number of hydrogen-bond acceptors (Lipinski definition) is 4. The molecule has 0 atom stereocenters. The van der Waals surface area contributed by atoms with Crippen LogP contribution in [0.1, 0.15) is 26.2 Å². The van der Waals surface area contributed by atoms with Gasteiger partial charge in [0.25, 0.3) is 0 Å². The van der Waals surface area contributed by atoms with Gasteiger partial charge in [0.15, 0.2) is 11.0 Å². The van der Waals surface area contributed by atoms with E-state index in [1.54, 1.807) is 0 Å². The summed E-state index contributed by atoms with van der Waals surface area (Å²) in [6.07, 6.45) is 4.97. The van der Waals surface area contributed by atoms with Gasteiger partial charge < -0.3 is 11.1 Å². The third-order valence-corrected chi connectivity index (χ3v) is 3.01. The maximum atomic E-state index is 5.79. The van der Waals surface area contributed by atoms with Crippen LogP contribution in [0, 0.1) is 0 Å². The average Bonchev–Trinajstić information content (AvgIpc) is 2.10. The highest BCUT2D eigenvalue weighted by molar-refractivity contribution is 6.32. The van der Waals surface area contributed by atoms with Gasteiger partial charge in [0.05, 0.1) is 0 Å². The summed E-state index contributed by atoms with van der Waals surface area (Å²) >= 11 is 5.79. The number of nitrogens with zero attached hydrogens (tertiary/aromatic N) is 2. The van der Waals surface area contributed by atoms with Gasteiger partial charge in [-0.2, -0.15) is 0 Å². The Morgan fingerprint density at radius 3 is 2.79 bits per heavy atom. The van der Waals surface area contributed by atoms with Gasteiger partial charge in [-0.15, -0.1) is 0 Å². The summed E-state index contributed by atoms with van der Waals surface area (Å²) in [6.45, 7) is 2.16. The maximum Gasteiger partial charge on any atom is 0.157 e. The van der Waals surface area contributed by atoms with Crippen molar-refractivity contribution in [3.8, 4) is 0 Å². The fraction of sp³-hybridized carbons (Fsp3) is 0.556. The van der Waals surface area contributed by atoms with Gasteiger partial charge in [-0.3, -0.25) is 0 Å². The van der Waals surface area contributed by atoms with Crippen molar-refractivity contribution in [2.45, 2.75) is 31.7 Å². The van der Waals surface area contributed by atoms with Gasteiger partial charge in [-0.25, -0.2) is 9.97 Å². The van der Waals surface area contributed by atoms with E-state index in [9.17, 15) is 0 Å². The lowest BCUT2D eigenvalue weighted by atomic mass is 9.78. The van der Waals surface area contributed by atoms with E-state index in [4.69, 9.17) is 17.3 Å². The van der Waals surface area contributed by atoms with E-state index in [1.165, 1.54) is 12.7 Å². The smallest absolute Gasteiger partial charge is 0.157 e. The molecular formula is C9H13ClN4. The maximum absolute atomic E-state index is 5.79. The van der Waals surface area contributed by atoms with Crippen molar-refractivity contribution >= 4 is 23.1 Å². The molecule has 1 aliphatic carbocycles. The zero-order valence-corrected chi connectivity index (χ0v) is 8.80. The number of anilines is 2. The van der Waals surface area contributed by atoms with Crippen LogP contribution in [0.15, 0.2) is 6.33 Å². The molecule has 4 nitrogen and oxygen atoms in total. The van der Waals surface area contributed by atoms with Gasteiger partial charge in [0, 0.05) is 5.54 Å². The molecule has 0 spiro atoms. The molecule has 0 unspecified atom stereocenters. The van der Waals surface area contributed by atoms with Crippen LogP contribution in [0.3, 0.4) is 0 Å². The molecule has 1 saturated carbocycles. The number of hydrogen-bond donors (Lipinski definition) is 2. The quantitative estimate of drug-likeness (QED) is 0.737. The van der Waals surface area contributed by atoms with Crippen molar-refractivity contribution in [2.75, 3.05) is 11.1 Å². The molecule has 1 fully saturated rings. The summed E-state index contributed by atoms with van der Waals surface area (Å²) in [5, 5.41) is 3.61. The van der Waals surface area contributed by atoms with E-state index in [0.29, 0.717) is 16.7 Å². The molecule has 14 heavy (non-hydrogen) atoms. The molecule has 1 aliphatic rings. The molecule has 0 radical (unpaired) electrons. The molecule has 76 valence electrons. The van der Waals surface area contributed by atoms with E-state index in [2.05, 4.69) is 22.2 Å². The van der Waals surface area contributed by atoms with Gasteiger partial charge in [0.1, 0.15) is 12.0 Å². The molecular weight excluding hydrogens is 200 g/mol. The van der Waals surface area contributed by atoms with Crippen LogP contribution in [0.4, 0.5) is 11.5 Å². The second kappa shape index (κ2) is 3.28. The van der Waals surface area contributed by atoms with Crippen molar-refractivity contribution in [3.63, 3.8) is 0 Å². The summed E-state index contributed by atoms with van der Waals surface area (Å²) in [5.74, 6) is 0.646. The Kier molecular flexibility index (Phi) is 2.23. The molecule has 0 aromatic carbocycles. The fourth-order valence-electron chi connectivity index (χ4n) is 1.59. The Bertz CT molecular complexity index is 349. The van der Waals surface area contributed by atoms with Gasteiger partial charge in [-0.1, -0.05) is 11.6 Å². The molecule has 1 aromatic rings. The van der Waals surface area contributed by atoms with Crippen molar-refractivity contribution < 1.29 is 0 Å². The van der Waals surface area contributed by atoms with Crippen molar-refractivity contribution in [1.82, 2.24) is 9.97 Å². The number of halogens is 1. The minimum absolute atomic E-state index is 0.131. The van der Waals surface area contributed by atoms with Crippen LogP contribution in [-0.4, -0.2) is 15.5 Å². The normalized spacial score (nSPS) is 18.7. The van der Waals surface area contributed by atoms with Crippen LogP contribution >= 0.6 is 11.6 Å². The zero-order valence-electron chi connectivity index (χ0n) is 8.05. The third-order valence-electron chi connectivity index (χ3n) is 2.71. The number of aromatic nitrogens is 2. The zero-order chi connectivity index (χ0) is 10.2. The third kappa shape index (κ3) is 1.62. The topological polar surface area (TPSA) is 63.8 Å². The lowest BCUT2D eigenvalue weighted by molar-refractivity contribution is 0.306. The molecule has 3 N–H and O–H groups in total. The van der Waals surface area contributed by atoms with E-state index >= 15 is 0 Å². The van der Waals surface area contributed by atoms with Crippen molar-refractivity contribution in [3.05, 3.63) is 11.5 Å². The predicted octanol–water partition coefficient (Wildman–Crippen LogP) is 2.07. The lowest BCUT2D eigenvalue weighted by Gasteiger charge is -2.39. The number of nitrogens with one attached hydrogen (secondary N) is 1. The first kappa shape index (κ1) is 9.52. The highest BCUT2D eigenvalue weighted by Crippen LogP contribution is 2.36. The standard InChI is InChI=1S/C9H13ClN4/c1-9(3-2-4-9)14-8-6(11)7(10)12-5-13-8/h5H,2-4,11H2,1H3,(H,12,13,14). The molecule has 0 amide bonds. The van der Waals surface area contributed by atoms with E-state index < -0.39 is 0 Å². The lowest BCUT2D eigenvalue weighted by Crippen LogP contribution is -2.42. The Hall–Kier alpha value is -1.03. The Morgan fingerprint density at radius 2 is 2.21 bits per heavy atom. The predicted molar refractivity (Wildman–Crippen MR) is 57.3 cm³/mol. The number of rotatable bonds is 2. The molecule has 1 heterocycles. The second-order valence-electron chi connectivity index (χ2n) is 3.97. The molecule has 2 rings (SSSR count). The van der Waals surface area contributed by atoms with Gasteiger partial charge in [-0.05, 0) is 26.2 Å². The van der Waals surface area contributed by atoms with Crippen LogP contribution in [0.5, 0.6) is 0 Å². The first-order chi connectivity index (χ1) is 6.61. The first-order valence-corrected chi connectivity index (χ1v) is 5.03. The monoisotopic (exact) mass is 212 g/mol. The summed E-state index contributed by atoms with van der Waals surface area (Å²) in [5.41, 5.74) is 6.31. The number of nitrogen functional groups attached to an aromatic ring is 1. The summed E-state index contributed by atoms with van der Waals surface area (Å²) in [4.78, 5) is 7.88. The largest absolute Gasteiger partial charge is 0.393 e. The molecule has 0 saturated heterocycles. The van der Waals surface area contributed by atoms with E-state index in [0.717, 1.165) is 12.8 Å². The van der Waals surface area contributed by atoms with Crippen molar-refractivity contribution in [2.24, 2.45) is 0 Å². The fourth-order valence-corrected chi connectivity index (χ4v) is 1.72. The summed E-state index contributed by atoms with van der Waals surface area (Å²) < 4.78 is 0. The highest BCUT2D eigenvalue weighted by Gasteiger charge is 2.32. The Balaban J connectivity index is 2.20. The SMILES string of the molecule is CC1(Nc2ncnc(Cl)c2N)CCC1. The van der Waals surface area contributed by atoms with Crippen LogP contribution in [0.25, 0.3) is 0 Å². The van der Waals surface area contributed by atoms with E-state index in [-0.39, 0.29) is 5.54 Å².